The number of nitrogens with zero attached hydrogens (tertiary/aromatic N) is 3. The molecule has 2 atom stereocenters. The third-order valence-corrected chi connectivity index (χ3v) is 6.05. The van der Waals surface area contributed by atoms with E-state index < -0.39 is 5.41 Å². The van der Waals surface area contributed by atoms with Crippen LogP contribution in [0.1, 0.15) is 48.3 Å². The summed E-state index contributed by atoms with van der Waals surface area (Å²) in [4.78, 5) is 36.2. The van der Waals surface area contributed by atoms with E-state index in [9.17, 15) is 9.59 Å². The largest absolute Gasteiger partial charge is 0.349 e. The summed E-state index contributed by atoms with van der Waals surface area (Å²) in [6.07, 6.45) is 5.80. The maximum Gasteiger partial charge on any atom is 0.251 e. The number of carbonyl (C=O) groups excluding carboxylic acids is 2. The summed E-state index contributed by atoms with van der Waals surface area (Å²) in [5, 5.41) is 3.64. The first-order chi connectivity index (χ1) is 13.5. The highest BCUT2D eigenvalue weighted by Crippen LogP contribution is 2.45. The number of benzene rings is 1. The summed E-state index contributed by atoms with van der Waals surface area (Å²) >= 11 is 5.99. The number of halogens is 1. The second kappa shape index (κ2) is 7.51. The van der Waals surface area contributed by atoms with Gasteiger partial charge in [-0.2, -0.15) is 0 Å². The van der Waals surface area contributed by atoms with Crippen molar-refractivity contribution in [2.75, 3.05) is 11.4 Å². The van der Waals surface area contributed by atoms with E-state index in [4.69, 9.17) is 11.6 Å². The minimum absolute atomic E-state index is 0.0173. The normalized spacial score (nSPS) is 24.6. The molecule has 28 heavy (non-hydrogen) atoms. The molecule has 1 unspecified atom stereocenters. The minimum atomic E-state index is -0.413. The Hall–Kier alpha value is -2.47. The second-order valence-electron chi connectivity index (χ2n) is 7.73. The fourth-order valence-corrected chi connectivity index (χ4v) is 4.63. The molecule has 4 rings (SSSR count). The van der Waals surface area contributed by atoms with Gasteiger partial charge in [-0.05, 0) is 56.9 Å². The van der Waals surface area contributed by atoms with Crippen LogP contribution in [-0.2, 0) is 4.79 Å². The Balaban J connectivity index is 1.47. The van der Waals surface area contributed by atoms with Crippen LogP contribution in [0.25, 0.3) is 0 Å². The third-order valence-electron chi connectivity index (χ3n) is 5.82. The molecule has 2 fully saturated rings. The fraction of sp³-hybridized carbons (Fsp3) is 0.429. The predicted molar refractivity (Wildman–Crippen MR) is 107 cm³/mol. The van der Waals surface area contributed by atoms with Gasteiger partial charge in [0.25, 0.3) is 5.91 Å². The number of carbonyl (C=O) groups is 2. The highest BCUT2D eigenvalue weighted by molar-refractivity contribution is 6.30. The molecule has 1 aliphatic carbocycles. The lowest BCUT2D eigenvalue weighted by Gasteiger charge is -2.36. The van der Waals surface area contributed by atoms with E-state index in [1.165, 1.54) is 0 Å². The molecule has 6 nitrogen and oxygen atoms in total. The van der Waals surface area contributed by atoms with Crippen molar-refractivity contribution < 1.29 is 9.59 Å². The van der Waals surface area contributed by atoms with Crippen LogP contribution in [0.3, 0.4) is 0 Å². The lowest BCUT2D eigenvalue weighted by Crippen LogP contribution is -2.46. The molecule has 1 aromatic carbocycles. The van der Waals surface area contributed by atoms with Gasteiger partial charge in [0, 0.05) is 29.4 Å². The monoisotopic (exact) mass is 398 g/mol. The number of hydrogen-bond acceptors (Lipinski definition) is 4. The van der Waals surface area contributed by atoms with Crippen LogP contribution in [0.2, 0.25) is 5.02 Å². The van der Waals surface area contributed by atoms with Crippen molar-refractivity contribution in [2.45, 2.75) is 45.1 Å². The highest BCUT2D eigenvalue weighted by Gasteiger charge is 2.50. The van der Waals surface area contributed by atoms with Crippen LogP contribution in [0.5, 0.6) is 0 Å². The quantitative estimate of drug-likeness (QED) is 0.858. The van der Waals surface area contributed by atoms with E-state index in [-0.39, 0.29) is 17.9 Å². The number of amides is 2. The van der Waals surface area contributed by atoms with Gasteiger partial charge in [0.05, 0.1) is 5.41 Å². The van der Waals surface area contributed by atoms with E-state index in [2.05, 4.69) is 15.3 Å². The van der Waals surface area contributed by atoms with Gasteiger partial charge in [-0.15, -0.1) is 0 Å². The lowest BCUT2D eigenvalue weighted by atomic mass is 9.71. The van der Waals surface area contributed by atoms with Crippen LogP contribution in [0.15, 0.2) is 36.5 Å². The average molecular weight is 399 g/mol. The van der Waals surface area contributed by atoms with Gasteiger partial charge >= 0.3 is 0 Å². The van der Waals surface area contributed by atoms with Gasteiger partial charge in [0.2, 0.25) is 5.91 Å². The van der Waals surface area contributed by atoms with Crippen molar-refractivity contribution in [1.29, 1.82) is 0 Å². The van der Waals surface area contributed by atoms with E-state index in [0.717, 1.165) is 25.7 Å². The molecule has 0 radical (unpaired) electrons. The Morgan fingerprint density at radius 1 is 1.32 bits per heavy atom. The Morgan fingerprint density at radius 3 is 2.96 bits per heavy atom. The SMILES string of the molecule is Cc1nccc(N2CC[C@@]3(CCCC(NC(=O)c4cccc(Cl)c4)C3)C2=O)n1. The molecule has 1 N–H and O–H groups in total. The zero-order valence-corrected chi connectivity index (χ0v) is 16.6. The average Bonchev–Trinajstić information content (AvgIpc) is 2.97. The minimum Gasteiger partial charge on any atom is -0.349 e. The molecule has 0 bridgehead atoms. The molecule has 1 aliphatic heterocycles. The van der Waals surface area contributed by atoms with Crippen LogP contribution in [0, 0.1) is 12.3 Å². The zero-order valence-electron chi connectivity index (χ0n) is 15.8. The summed E-state index contributed by atoms with van der Waals surface area (Å²) in [6.45, 7) is 2.48. The second-order valence-corrected chi connectivity index (χ2v) is 8.16. The first-order valence-corrected chi connectivity index (χ1v) is 10.0. The standard InChI is InChI=1S/C21H23ClN4O2/c1-14-23-10-7-18(24-14)26-11-9-21(20(26)28)8-3-6-17(13-21)25-19(27)15-4-2-5-16(22)12-15/h2,4-5,7,10,12,17H,3,6,8-9,11,13H2,1H3,(H,25,27)/t17?,21-/m1/s1. The molecule has 2 aliphatic rings. The maximum atomic E-state index is 13.3. The van der Waals surface area contributed by atoms with Gasteiger partial charge < -0.3 is 5.32 Å². The van der Waals surface area contributed by atoms with E-state index in [1.807, 2.05) is 6.92 Å². The summed E-state index contributed by atoms with van der Waals surface area (Å²) in [6, 6.07) is 8.69. The molecule has 2 amide bonds. The Bertz CT molecular complexity index is 919. The summed E-state index contributed by atoms with van der Waals surface area (Å²) in [7, 11) is 0. The van der Waals surface area contributed by atoms with Gasteiger partial charge in [-0.3, -0.25) is 14.5 Å². The first kappa shape index (κ1) is 18.9. The molecular formula is C21H23ClN4O2. The number of nitrogens with one attached hydrogen (secondary N) is 1. The van der Waals surface area contributed by atoms with Crippen molar-refractivity contribution in [3.05, 3.63) is 52.9 Å². The van der Waals surface area contributed by atoms with Gasteiger partial charge in [0.15, 0.2) is 0 Å². The van der Waals surface area contributed by atoms with Gasteiger partial charge in [-0.25, -0.2) is 9.97 Å². The Labute approximate surface area is 169 Å². The van der Waals surface area contributed by atoms with Crippen molar-refractivity contribution in [3.63, 3.8) is 0 Å². The van der Waals surface area contributed by atoms with Crippen LogP contribution in [-0.4, -0.2) is 34.4 Å². The summed E-state index contributed by atoms with van der Waals surface area (Å²) in [5.74, 6) is 1.30. The number of rotatable bonds is 3. The van der Waals surface area contributed by atoms with Crippen LogP contribution >= 0.6 is 11.6 Å². The smallest absolute Gasteiger partial charge is 0.251 e. The zero-order chi connectivity index (χ0) is 19.7. The number of hydrogen-bond donors (Lipinski definition) is 1. The Kier molecular flexibility index (Phi) is 5.06. The molecule has 1 saturated heterocycles. The summed E-state index contributed by atoms with van der Waals surface area (Å²) < 4.78 is 0. The molecule has 146 valence electrons. The summed E-state index contributed by atoms with van der Waals surface area (Å²) in [5.41, 5.74) is 0.131. The third kappa shape index (κ3) is 3.61. The molecular weight excluding hydrogens is 376 g/mol. The number of anilines is 1. The van der Waals surface area contributed by atoms with Crippen LogP contribution < -0.4 is 10.2 Å². The van der Waals surface area contributed by atoms with Crippen molar-refractivity contribution >= 4 is 29.2 Å². The van der Waals surface area contributed by atoms with Crippen molar-refractivity contribution in [2.24, 2.45) is 5.41 Å². The van der Waals surface area contributed by atoms with Gasteiger partial charge in [-0.1, -0.05) is 24.1 Å². The van der Waals surface area contributed by atoms with Crippen molar-refractivity contribution in [1.82, 2.24) is 15.3 Å². The first-order valence-electron chi connectivity index (χ1n) is 9.65. The fourth-order valence-electron chi connectivity index (χ4n) is 4.44. The predicted octanol–water partition coefficient (Wildman–Crippen LogP) is 3.53. The molecule has 2 aromatic rings. The molecule has 2 heterocycles. The molecule has 1 spiro atoms. The molecule has 7 heteroatoms. The van der Waals surface area contributed by atoms with E-state index in [0.29, 0.717) is 35.2 Å². The number of aromatic nitrogens is 2. The molecule has 1 aromatic heterocycles. The highest BCUT2D eigenvalue weighted by atomic mass is 35.5. The van der Waals surface area contributed by atoms with Crippen LogP contribution in [0.4, 0.5) is 5.82 Å². The van der Waals surface area contributed by atoms with E-state index >= 15 is 0 Å². The van der Waals surface area contributed by atoms with E-state index in [1.54, 1.807) is 41.4 Å². The molecule has 1 saturated carbocycles. The van der Waals surface area contributed by atoms with Crippen molar-refractivity contribution in [3.8, 4) is 0 Å². The lowest BCUT2D eigenvalue weighted by molar-refractivity contribution is -0.127. The topological polar surface area (TPSA) is 75.2 Å². The maximum absolute atomic E-state index is 13.3. The Morgan fingerprint density at radius 2 is 2.18 bits per heavy atom. The van der Waals surface area contributed by atoms with Gasteiger partial charge in [0.1, 0.15) is 11.6 Å². The number of aryl methyl sites for hydroxylation is 1.